The maximum Gasteiger partial charge on any atom is 0.0623 e. The Hall–Kier alpha value is -0.0800. The van der Waals surface area contributed by atoms with Gasteiger partial charge in [-0.25, -0.2) is 0 Å². The van der Waals surface area contributed by atoms with Crippen LogP contribution < -0.4 is 0 Å². The summed E-state index contributed by atoms with van der Waals surface area (Å²) < 4.78 is 5.19. The maximum atomic E-state index is 8.63. The molecule has 1 fully saturated rings. The quantitative estimate of drug-likeness (QED) is 0.599. The molecule has 0 radical (unpaired) electrons. The molecule has 1 heterocycles. The molecule has 2 unspecified atom stereocenters. The highest BCUT2D eigenvalue weighted by molar-refractivity contribution is 4.87. The maximum absolute atomic E-state index is 8.63. The van der Waals surface area contributed by atoms with Gasteiger partial charge in [-0.1, -0.05) is 6.92 Å². The van der Waals surface area contributed by atoms with Gasteiger partial charge in [-0.2, -0.15) is 0 Å². The predicted molar refractivity (Wildman–Crippen MR) is 35.2 cm³/mol. The van der Waals surface area contributed by atoms with E-state index in [9.17, 15) is 0 Å². The summed E-state index contributed by atoms with van der Waals surface area (Å²) in [5.41, 5.74) is 0.259. The van der Waals surface area contributed by atoms with Crippen molar-refractivity contribution in [2.75, 3.05) is 13.2 Å². The summed E-state index contributed by atoms with van der Waals surface area (Å²) in [5, 5.41) is 8.63. The highest BCUT2D eigenvalue weighted by atomic mass is 16.5. The zero-order valence-corrected chi connectivity index (χ0v) is 6.05. The monoisotopic (exact) mass is 130 g/mol. The average Bonchev–Trinajstić information content (AvgIpc) is 1.86. The van der Waals surface area contributed by atoms with Crippen molar-refractivity contribution in [2.24, 2.45) is 5.41 Å². The van der Waals surface area contributed by atoms with Crippen LogP contribution in [0, 0.1) is 5.41 Å². The normalized spacial score (nSPS) is 42.3. The molecule has 9 heavy (non-hydrogen) atoms. The van der Waals surface area contributed by atoms with Crippen molar-refractivity contribution in [3.05, 3.63) is 0 Å². The van der Waals surface area contributed by atoms with E-state index in [1.54, 1.807) is 0 Å². The average molecular weight is 130 g/mol. The van der Waals surface area contributed by atoms with Gasteiger partial charge in [-0.15, -0.1) is 0 Å². The Labute approximate surface area is 55.8 Å². The summed E-state index contributed by atoms with van der Waals surface area (Å²) in [6.45, 7) is 5.30. The van der Waals surface area contributed by atoms with Gasteiger partial charge >= 0.3 is 0 Å². The first-order valence-corrected chi connectivity index (χ1v) is 3.41. The predicted octanol–water partition coefficient (Wildman–Crippen LogP) is 0.794. The lowest BCUT2D eigenvalue weighted by Gasteiger charge is -2.44. The lowest BCUT2D eigenvalue weighted by Crippen LogP contribution is -2.48. The van der Waals surface area contributed by atoms with E-state index in [1.165, 1.54) is 0 Å². The fourth-order valence-corrected chi connectivity index (χ4v) is 1.07. The third kappa shape index (κ3) is 1.10. The van der Waals surface area contributed by atoms with Crippen LogP contribution in [0.5, 0.6) is 0 Å². The van der Waals surface area contributed by atoms with Crippen LogP contribution in [0.15, 0.2) is 0 Å². The van der Waals surface area contributed by atoms with Gasteiger partial charge in [0, 0.05) is 12.0 Å². The van der Waals surface area contributed by atoms with Crippen LogP contribution in [0.4, 0.5) is 0 Å². The number of hydrogen-bond donors (Lipinski definition) is 1. The van der Waals surface area contributed by atoms with Gasteiger partial charge in [0.25, 0.3) is 0 Å². The molecule has 1 aliphatic rings. The Kier molecular flexibility index (Phi) is 1.78. The van der Waals surface area contributed by atoms with Crippen molar-refractivity contribution in [2.45, 2.75) is 26.4 Å². The molecule has 1 saturated heterocycles. The van der Waals surface area contributed by atoms with Gasteiger partial charge in [-0.3, -0.25) is 0 Å². The van der Waals surface area contributed by atoms with Crippen LogP contribution in [0.25, 0.3) is 0 Å². The first-order valence-electron chi connectivity index (χ1n) is 3.41. The first kappa shape index (κ1) is 7.03. The zero-order chi connectivity index (χ0) is 6.91. The highest BCUT2D eigenvalue weighted by Gasteiger charge is 2.40. The van der Waals surface area contributed by atoms with Crippen LogP contribution in [-0.4, -0.2) is 24.4 Å². The second kappa shape index (κ2) is 2.27. The van der Waals surface area contributed by atoms with Crippen molar-refractivity contribution >= 4 is 0 Å². The molecule has 54 valence electrons. The number of hydrogen-bond acceptors (Lipinski definition) is 2. The van der Waals surface area contributed by atoms with Gasteiger partial charge in [-0.05, 0) is 13.3 Å². The lowest BCUT2D eigenvalue weighted by molar-refractivity contribution is -0.174. The van der Waals surface area contributed by atoms with Crippen LogP contribution in [-0.2, 0) is 4.74 Å². The molecule has 0 bridgehead atoms. The molecule has 0 aliphatic carbocycles. The first-order chi connectivity index (χ1) is 4.19. The van der Waals surface area contributed by atoms with Crippen LogP contribution in [0.2, 0.25) is 0 Å². The Bertz CT molecular complexity index is 103. The molecule has 1 rings (SSSR count). The Balaban J connectivity index is 2.34. The van der Waals surface area contributed by atoms with E-state index < -0.39 is 0 Å². The van der Waals surface area contributed by atoms with E-state index in [1.807, 2.05) is 0 Å². The third-order valence-electron chi connectivity index (χ3n) is 2.33. The molecule has 1 aliphatic heterocycles. The fourth-order valence-electron chi connectivity index (χ4n) is 1.07. The fraction of sp³-hybridized carbons (Fsp3) is 1.00. The van der Waals surface area contributed by atoms with E-state index in [2.05, 4.69) is 13.8 Å². The number of aliphatic hydroxyl groups excluding tert-OH is 1. The molecule has 0 spiro atoms. The number of ether oxygens (including phenoxy) is 1. The molecule has 0 aromatic heterocycles. The van der Waals surface area contributed by atoms with E-state index in [0.29, 0.717) is 6.10 Å². The zero-order valence-electron chi connectivity index (χ0n) is 6.05. The van der Waals surface area contributed by atoms with Crippen molar-refractivity contribution < 1.29 is 9.84 Å². The van der Waals surface area contributed by atoms with E-state index >= 15 is 0 Å². The molecule has 0 saturated carbocycles. The smallest absolute Gasteiger partial charge is 0.0623 e. The van der Waals surface area contributed by atoms with E-state index in [0.717, 1.165) is 13.0 Å². The SMILES string of the molecule is CC1OCC1(C)CCO. The van der Waals surface area contributed by atoms with Gasteiger partial charge in [0.1, 0.15) is 0 Å². The third-order valence-corrected chi connectivity index (χ3v) is 2.33. The topological polar surface area (TPSA) is 29.5 Å². The van der Waals surface area contributed by atoms with Gasteiger partial charge in [0.05, 0.1) is 12.7 Å². The van der Waals surface area contributed by atoms with Gasteiger partial charge in [0.15, 0.2) is 0 Å². The second-order valence-electron chi connectivity index (χ2n) is 3.08. The van der Waals surface area contributed by atoms with E-state index in [4.69, 9.17) is 9.84 Å². The van der Waals surface area contributed by atoms with Crippen molar-refractivity contribution in [1.82, 2.24) is 0 Å². The van der Waals surface area contributed by atoms with Crippen molar-refractivity contribution in [3.63, 3.8) is 0 Å². The molecule has 2 nitrogen and oxygen atoms in total. The molecule has 0 aromatic carbocycles. The van der Waals surface area contributed by atoms with Crippen LogP contribution in [0.1, 0.15) is 20.3 Å². The largest absolute Gasteiger partial charge is 0.396 e. The molecule has 2 heteroatoms. The lowest BCUT2D eigenvalue weighted by atomic mass is 9.78. The van der Waals surface area contributed by atoms with Crippen LogP contribution >= 0.6 is 0 Å². The van der Waals surface area contributed by atoms with E-state index in [-0.39, 0.29) is 12.0 Å². The molecular formula is C7H14O2. The van der Waals surface area contributed by atoms with Crippen molar-refractivity contribution in [1.29, 1.82) is 0 Å². The van der Waals surface area contributed by atoms with Crippen LogP contribution in [0.3, 0.4) is 0 Å². The number of aliphatic hydroxyl groups is 1. The van der Waals surface area contributed by atoms with Gasteiger partial charge in [0.2, 0.25) is 0 Å². The van der Waals surface area contributed by atoms with Crippen molar-refractivity contribution in [3.8, 4) is 0 Å². The Morgan fingerprint density at radius 1 is 1.78 bits per heavy atom. The van der Waals surface area contributed by atoms with Gasteiger partial charge < -0.3 is 9.84 Å². The summed E-state index contributed by atoms with van der Waals surface area (Å²) in [7, 11) is 0. The summed E-state index contributed by atoms with van der Waals surface area (Å²) >= 11 is 0. The highest BCUT2D eigenvalue weighted by Crippen LogP contribution is 2.36. The summed E-state index contributed by atoms with van der Waals surface area (Å²) in [6.07, 6.45) is 1.21. The minimum absolute atomic E-state index is 0.259. The summed E-state index contributed by atoms with van der Waals surface area (Å²) in [5.74, 6) is 0. The Morgan fingerprint density at radius 2 is 2.44 bits per heavy atom. The number of rotatable bonds is 2. The summed E-state index contributed by atoms with van der Waals surface area (Å²) in [6, 6.07) is 0. The molecule has 0 amide bonds. The standard InChI is InChI=1S/C7H14O2/c1-6-7(2,3-4-8)5-9-6/h6,8H,3-5H2,1-2H3. The molecule has 1 N–H and O–H groups in total. The minimum Gasteiger partial charge on any atom is -0.396 e. The molecular weight excluding hydrogens is 116 g/mol. The second-order valence-corrected chi connectivity index (χ2v) is 3.08. The Morgan fingerprint density at radius 3 is 2.56 bits per heavy atom. The minimum atomic E-state index is 0.259. The molecule has 0 aromatic rings. The summed E-state index contributed by atoms with van der Waals surface area (Å²) in [4.78, 5) is 0. The molecule has 2 atom stereocenters.